The molecule has 0 amide bonds. The topological polar surface area (TPSA) is 9.23 Å². The van der Waals surface area contributed by atoms with Crippen LogP contribution in [-0.4, -0.2) is 6.61 Å². The van der Waals surface area contributed by atoms with Gasteiger partial charge in [-0.25, -0.2) is 0 Å². The zero-order valence-electron chi connectivity index (χ0n) is 6.52. The van der Waals surface area contributed by atoms with Crippen LogP contribution in [-0.2, 0) is 0 Å². The fraction of sp³-hybridized carbons (Fsp3) is 0.222. The lowest BCUT2D eigenvalue weighted by Gasteiger charge is -2.07. The summed E-state index contributed by atoms with van der Waals surface area (Å²) in [6, 6.07) is 5.26. The molecule has 0 aliphatic carbocycles. The van der Waals surface area contributed by atoms with Gasteiger partial charge in [0.05, 0.1) is 16.7 Å². The number of hydrogen-bond acceptors (Lipinski definition) is 1. The van der Waals surface area contributed by atoms with Gasteiger partial charge in [-0.1, -0.05) is 29.3 Å². The van der Waals surface area contributed by atoms with Crippen molar-refractivity contribution in [2.45, 2.75) is 6.42 Å². The van der Waals surface area contributed by atoms with E-state index in [1.54, 1.807) is 18.2 Å². The molecule has 0 N–H and O–H groups in total. The summed E-state index contributed by atoms with van der Waals surface area (Å²) in [5, 5.41) is 1.08. The van der Waals surface area contributed by atoms with E-state index in [0.717, 1.165) is 0 Å². The van der Waals surface area contributed by atoms with E-state index in [-0.39, 0.29) is 0 Å². The quantitative estimate of drug-likeness (QED) is 0.730. The van der Waals surface area contributed by atoms with Crippen LogP contribution in [0.15, 0.2) is 18.2 Å². The van der Waals surface area contributed by atoms with Crippen molar-refractivity contribution >= 4 is 23.2 Å². The summed E-state index contributed by atoms with van der Waals surface area (Å²) in [4.78, 5) is 0. The SMILES string of the molecule is [CH2]CCOc1c(Cl)cccc1Cl. The summed E-state index contributed by atoms with van der Waals surface area (Å²) in [5.41, 5.74) is 0. The van der Waals surface area contributed by atoms with Gasteiger partial charge in [-0.2, -0.15) is 0 Å². The highest BCUT2D eigenvalue weighted by Crippen LogP contribution is 2.32. The number of para-hydroxylation sites is 1. The highest BCUT2D eigenvalue weighted by molar-refractivity contribution is 6.37. The first-order valence-corrected chi connectivity index (χ1v) is 4.37. The largest absolute Gasteiger partial charge is 0.490 e. The normalized spacial score (nSPS) is 9.92. The number of hydrogen-bond donors (Lipinski definition) is 0. The lowest BCUT2D eigenvalue weighted by atomic mass is 10.3. The van der Waals surface area contributed by atoms with Crippen LogP contribution in [0.5, 0.6) is 5.75 Å². The fourth-order valence-corrected chi connectivity index (χ4v) is 1.30. The van der Waals surface area contributed by atoms with Gasteiger partial charge in [0.25, 0.3) is 0 Å². The molecular formula is C9H9Cl2O. The Hall–Kier alpha value is -0.400. The predicted octanol–water partition coefficient (Wildman–Crippen LogP) is 3.60. The Kier molecular flexibility index (Phi) is 3.70. The summed E-state index contributed by atoms with van der Waals surface area (Å²) >= 11 is 11.7. The van der Waals surface area contributed by atoms with Crippen LogP contribution in [0.4, 0.5) is 0 Å². The molecule has 1 radical (unpaired) electrons. The minimum atomic E-state index is 0.531. The fourth-order valence-electron chi connectivity index (χ4n) is 0.795. The molecule has 0 aromatic heterocycles. The molecule has 0 fully saturated rings. The van der Waals surface area contributed by atoms with Crippen LogP contribution in [0.1, 0.15) is 6.42 Å². The van der Waals surface area contributed by atoms with E-state index in [9.17, 15) is 0 Å². The smallest absolute Gasteiger partial charge is 0.156 e. The molecule has 1 rings (SSSR count). The van der Waals surface area contributed by atoms with Crippen molar-refractivity contribution in [3.8, 4) is 5.75 Å². The third kappa shape index (κ3) is 2.29. The van der Waals surface area contributed by atoms with E-state index in [0.29, 0.717) is 28.8 Å². The van der Waals surface area contributed by atoms with Gasteiger partial charge in [0.1, 0.15) is 0 Å². The molecule has 1 nitrogen and oxygen atoms in total. The van der Waals surface area contributed by atoms with Crippen molar-refractivity contribution in [2.75, 3.05) is 6.61 Å². The molecule has 3 heteroatoms. The Morgan fingerprint density at radius 3 is 2.33 bits per heavy atom. The van der Waals surface area contributed by atoms with Crippen LogP contribution in [0.3, 0.4) is 0 Å². The summed E-state index contributed by atoms with van der Waals surface area (Å²) in [7, 11) is 0. The molecule has 1 aromatic rings. The lowest BCUT2D eigenvalue weighted by molar-refractivity contribution is 0.324. The number of ether oxygens (including phenoxy) is 1. The molecule has 0 unspecified atom stereocenters. The van der Waals surface area contributed by atoms with Crippen LogP contribution >= 0.6 is 23.2 Å². The number of rotatable bonds is 3. The Bertz CT molecular complexity index is 240. The van der Waals surface area contributed by atoms with Crippen LogP contribution in [0.2, 0.25) is 10.0 Å². The zero-order valence-corrected chi connectivity index (χ0v) is 8.03. The molecule has 1 aromatic carbocycles. The second kappa shape index (κ2) is 4.58. The first-order chi connectivity index (χ1) is 5.75. The number of halogens is 2. The van der Waals surface area contributed by atoms with Gasteiger partial charge in [-0.15, -0.1) is 0 Å². The standard InChI is InChI=1S/C9H9Cl2O/c1-2-6-12-9-7(10)4-3-5-8(9)11/h3-5H,1-2,6H2. The summed E-state index contributed by atoms with van der Waals surface area (Å²) in [5.74, 6) is 0.546. The Labute approximate surface area is 82.2 Å². The molecule has 0 aliphatic rings. The second-order valence-corrected chi connectivity index (χ2v) is 3.07. The van der Waals surface area contributed by atoms with E-state index in [1.165, 1.54) is 0 Å². The predicted molar refractivity (Wildman–Crippen MR) is 51.9 cm³/mol. The first-order valence-electron chi connectivity index (χ1n) is 3.61. The van der Waals surface area contributed by atoms with Crippen LogP contribution < -0.4 is 4.74 Å². The van der Waals surface area contributed by atoms with Gasteiger partial charge in [0.15, 0.2) is 5.75 Å². The maximum atomic E-state index is 5.84. The third-order valence-electron chi connectivity index (χ3n) is 1.31. The van der Waals surface area contributed by atoms with Gasteiger partial charge < -0.3 is 4.74 Å². The lowest BCUT2D eigenvalue weighted by Crippen LogP contribution is -1.96. The molecule has 0 aliphatic heterocycles. The number of benzene rings is 1. The molecule has 0 bridgehead atoms. The summed E-state index contributed by atoms with van der Waals surface area (Å²) in [6.07, 6.45) is 0.696. The van der Waals surface area contributed by atoms with Crippen LogP contribution in [0, 0.1) is 6.92 Å². The summed E-state index contributed by atoms with van der Waals surface area (Å²) in [6.45, 7) is 4.18. The average molecular weight is 204 g/mol. The van der Waals surface area contributed by atoms with Crippen molar-refractivity contribution < 1.29 is 4.74 Å². The highest BCUT2D eigenvalue weighted by atomic mass is 35.5. The van der Waals surface area contributed by atoms with E-state index in [4.69, 9.17) is 27.9 Å². The maximum Gasteiger partial charge on any atom is 0.156 e. The van der Waals surface area contributed by atoms with E-state index in [1.807, 2.05) is 0 Å². The van der Waals surface area contributed by atoms with Crippen molar-refractivity contribution in [1.82, 2.24) is 0 Å². The summed E-state index contributed by atoms with van der Waals surface area (Å²) < 4.78 is 5.29. The van der Waals surface area contributed by atoms with Gasteiger partial charge in [-0.05, 0) is 25.5 Å². The Balaban J connectivity index is 2.81. The van der Waals surface area contributed by atoms with Gasteiger partial charge in [0.2, 0.25) is 0 Å². The first kappa shape index (κ1) is 9.69. The van der Waals surface area contributed by atoms with Gasteiger partial charge in [0, 0.05) is 0 Å². The Morgan fingerprint density at radius 2 is 1.83 bits per heavy atom. The maximum absolute atomic E-state index is 5.84. The monoisotopic (exact) mass is 203 g/mol. The van der Waals surface area contributed by atoms with Crippen molar-refractivity contribution in [3.63, 3.8) is 0 Å². The minimum absolute atomic E-state index is 0.531. The molecule has 12 heavy (non-hydrogen) atoms. The van der Waals surface area contributed by atoms with Crippen molar-refractivity contribution in [3.05, 3.63) is 35.2 Å². The molecule has 0 saturated carbocycles. The minimum Gasteiger partial charge on any atom is -0.490 e. The van der Waals surface area contributed by atoms with Crippen molar-refractivity contribution in [2.24, 2.45) is 0 Å². The van der Waals surface area contributed by atoms with E-state index >= 15 is 0 Å². The third-order valence-corrected chi connectivity index (χ3v) is 1.90. The van der Waals surface area contributed by atoms with Gasteiger partial charge >= 0.3 is 0 Å². The zero-order chi connectivity index (χ0) is 8.97. The molecule has 0 heterocycles. The second-order valence-electron chi connectivity index (χ2n) is 2.25. The molecule has 0 saturated heterocycles. The van der Waals surface area contributed by atoms with E-state index in [2.05, 4.69) is 6.92 Å². The average Bonchev–Trinajstić information content (AvgIpc) is 2.04. The molecule has 0 atom stereocenters. The highest BCUT2D eigenvalue weighted by Gasteiger charge is 2.04. The van der Waals surface area contributed by atoms with Crippen LogP contribution in [0.25, 0.3) is 0 Å². The van der Waals surface area contributed by atoms with Crippen molar-refractivity contribution in [1.29, 1.82) is 0 Å². The molecule has 65 valence electrons. The molecule has 0 spiro atoms. The molecular weight excluding hydrogens is 195 g/mol. The Morgan fingerprint density at radius 1 is 1.25 bits per heavy atom. The van der Waals surface area contributed by atoms with E-state index < -0.39 is 0 Å². The van der Waals surface area contributed by atoms with Gasteiger partial charge in [-0.3, -0.25) is 0 Å².